The van der Waals surface area contributed by atoms with Crippen molar-refractivity contribution in [1.82, 2.24) is 0 Å². The quantitative estimate of drug-likeness (QED) is 0.323. The SMILES string of the molecule is CCCCCC/C(C)=C\CSc1ccccc1. The van der Waals surface area contributed by atoms with Gasteiger partial charge in [0.2, 0.25) is 0 Å². The Morgan fingerprint density at radius 3 is 2.59 bits per heavy atom. The minimum atomic E-state index is 1.10. The van der Waals surface area contributed by atoms with Gasteiger partial charge in [0.05, 0.1) is 0 Å². The molecule has 0 fully saturated rings. The zero-order valence-electron chi connectivity index (χ0n) is 11.1. The van der Waals surface area contributed by atoms with Gasteiger partial charge in [-0.1, -0.05) is 56.0 Å². The maximum absolute atomic E-state index is 2.38. The maximum atomic E-state index is 2.38. The smallest absolute Gasteiger partial charge is 0.0163 e. The van der Waals surface area contributed by atoms with Gasteiger partial charge in [-0.05, 0) is 31.9 Å². The average Bonchev–Trinajstić information content (AvgIpc) is 2.36. The van der Waals surface area contributed by atoms with Crippen LogP contribution in [0.1, 0.15) is 46.0 Å². The lowest BCUT2D eigenvalue weighted by Gasteiger charge is -2.02. The molecular formula is C16H24S. The Hall–Kier alpha value is -0.690. The van der Waals surface area contributed by atoms with E-state index in [1.807, 2.05) is 11.8 Å². The zero-order valence-corrected chi connectivity index (χ0v) is 11.9. The highest BCUT2D eigenvalue weighted by Gasteiger charge is 1.93. The maximum Gasteiger partial charge on any atom is 0.0163 e. The van der Waals surface area contributed by atoms with Crippen molar-refractivity contribution >= 4 is 11.8 Å². The zero-order chi connectivity index (χ0) is 12.3. The third-order valence-electron chi connectivity index (χ3n) is 2.85. The number of rotatable bonds is 8. The van der Waals surface area contributed by atoms with E-state index < -0.39 is 0 Å². The molecule has 0 saturated heterocycles. The van der Waals surface area contributed by atoms with Gasteiger partial charge >= 0.3 is 0 Å². The molecule has 0 bridgehead atoms. The van der Waals surface area contributed by atoms with Crippen molar-refractivity contribution in [3.63, 3.8) is 0 Å². The third kappa shape index (κ3) is 7.27. The van der Waals surface area contributed by atoms with Gasteiger partial charge in [-0.3, -0.25) is 0 Å². The van der Waals surface area contributed by atoms with Crippen molar-refractivity contribution in [1.29, 1.82) is 0 Å². The largest absolute Gasteiger partial charge is 0.122 e. The molecule has 0 aromatic heterocycles. The molecule has 17 heavy (non-hydrogen) atoms. The molecule has 1 aromatic carbocycles. The fourth-order valence-corrected chi connectivity index (χ4v) is 2.64. The van der Waals surface area contributed by atoms with Crippen LogP contribution < -0.4 is 0 Å². The minimum absolute atomic E-state index is 1.10. The van der Waals surface area contributed by atoms with E-state index >= 15 is 0 Å². The van der Waals surface area contributed by atoms with E-state index in [1.165, 1.54) is 37.0 Å². The van der Waals surface area contributed by atoms with Crippen LogP contribution in [0.4, 0.5) is 0 Å². The molecule has 1 rings (SSSR count). The summed E-state index contributed by atoms with van der Waals surface area (Å²) in [7, 11) is 0. The van der Waals surface area contributed by atoms with Gasteiger partial charge in [-0.25, -0.2) is 0 Å². The van der Waals surface area contributed by atoms with Crippen molar-refractivity contribution in [2.75, 3.05) is 5.75 Å². The first-order valence-corrected chi connectivity index (χ1v) is 7.65. The molecule has 1 aromatic rings. The molecule has 0 radical (unpaired) electrons. The summed E-state index contributed by atoms with van der Waals surface area (Å²) in [5.41, 5.74) is 1.55. The molecule has 0 nitrogen and oxygen atoms in total. The van der Waals surface area contributed by atoms with Crippen molar-refractivity contribution in [3.8, 4) is 0 Å². The van der Waals surface area contributed by atoms with Gasteiger partial charge in [0.25, 0.3) is 0 Å². The highest BCUT2D eigenvalue weighted by molar-refractivity contribution is 7.99. The number of benzene rings is 1. The predicted molar refractivity (Wildman–Crippen MR) is 79.7 cm³/mol. The molecule has 0 heterocycles. The van der Waals surface area contributed by atoms with Crippen LogP contribution in [0.15, 0.2) is 46.9 Å². The van der Waals surface area contributed by atoms with Crippen LogP contribution in [0.25, 0.3) is 0 Å². The van der Waals surface area contributed by atoms with Crippen molar-refractivity contribution in [2.24, 2.45) is 0 Å². The number of unbranched alkanes of at least 4 members (excludes halogenated alkanes) is 3. The van der Waals surface area contributed by atoms with E-state index in [4.69, 9.17) is 0 Å². The Morgan fingerprint density at radius 1 is 1.12 bits per heavy atom. The molecule has 94 valence electrons. The second-order valence-electron chi connectivity index (χ2n) is 4.49. The summed E-state index contributed by atoms with van der Waals surface area (Å²) in [6.07, 6.45) is 9.09. The van der Waals surface area contributed by atoms with Crippen LogP contribution in [-0.2, 0) is 0 Å². The fourth-order valence-electron chi connectivity index (χ4n) is 1.73. The summed E-state index contributed by atoms with van der Waals surface area (Å²) < 4.78 is 0. The molecule has 0 aliphatic heterocycles. The van der Waals surface area contributed by atoms with Crippen molar-refractivity contribution in [2.45, 2.75) is 50.8 Å². The van der Waals surface area contributed by atoms with Crippen LogP contribution in [0.2, 0.25) is 0 Å². The first kappa shape index (κ1) is 14.4. The first-order chi connectivity index (χ1) is 8.33. The van der Waals surface area contributed by atoms with Gasteiger partial charge in [-0.2, -0.15) is 0 Å². The first-order valence-electron chi connectivity index (χ1n) is 6.66. The van der Waals surface area contributed by atoms with E-state index in [2.05, 4.69) is 50.3 Å². The summed E-state index contributed by atoms with van der Waals surface area (Å²) in [5, 5.41) is 0. The van der Waals surface area contributed by atoms with Crippen molar-refractivity contribution in [3.05, 3.63) is 42.0 Å². The third-order valence-corrected chi connectivity index (χ3v) is 3.79. The molecule has 0 spiro atoms. The Bertz CT molecular complexity index is 314. The number of hydrogen-bond acceptors (Lipinski definition) is 1. The van der Waals surface area contributed by atoms with E-state index in [9.17, 15) is 0 Å². The second-order valence-corrected chi connectivity index (χ2v) is 5.58. The monoisotopic (exact) mass is 248 g/mol. The standard InChI is InChI=1S/C16H24S/c1-3-4-5-7-10-15(2)13-14-17-16-11-8-6-9-12-16/h6,8-9,11-13H,3-5,7,10,14H2,1-2H3/b15-13-. The summed E-state index contributed by atoms with van der Waals surface area (Å²) >= 11 is 1.92. The van der Waals surface area contributed by atoms with E-state index in [-0.39, 0.29) is 0 Å². The van der Waals surface area contributed by atoms with Crippen LogP contribution in [0, 0.1) is 0 Å². The lowest BCUT2D eigenvalue weighted by molar-refractivity contribution is 0.664. The Balaban J connectivity index is 2.15. The van der Waals surface area contributed by atoms with Gasteiger partial charge in [0.15, 0.2) is 0 Å². The molecule has 0 saturated carbocycles. The van der Waals surface area contributed by atoms with Gasteiger partial charge in [-0.15, -0.1) is 11.8 Å². The van der Waals surface area contributed by atoms with E-state index in [1.54, 1.807) is 5.57 Å². The summed E-state index contributed by atoms with van der Waals surface area (Å²) in [5.74, 6) is 1.10. The van der Waals surface area contributed by atoms with Gasteiger partial charge in [0, 0.05) is 10.6 Å². The van der Waals surface area contributed by atoms with Crippen LogP contribution in [-0.4, -0.2) is 5.75 Å². The minimum Gasteiger partial charge on any atom is -0.122 e. The lowest BCUT2D eigenvalue weighted by atomic mass is 10.1. The molecule has 0 atom stereocenters. The molecule has 0 unspecified atom stereocenters. The topological polar surface area (TPSA) is 0 Å². The summed E-state index contributed by atoms with van der Waals surface area (Å²) in [6.45, 7) is 4.52. The molecule has 1 heteroatoms. The van der Waals surface area contributed by atoms with E-state index in [0.717, 1.165) is 5.75 Å². The molecule has 0 aliphatic carbocycles. The number of allylic oxidation sites excluding steroid dienone is 1. The molecule has 0 aliphatic rings. The van der Waals surface area contributed by atoms with Crippen LogP contribution in [0.5, 0.6) is 0 Å². The lowest BCUT2D eigenvalue weighted by Crippen LogP contribution is -1.82. The fraction of sp³-hybridized carbons (Fsp3) is 0.500. The summed E-state index contributed by atoms with van der Waals surface area (Å²) in [6, 6.07) is 10.6. The summed E-state index contributed by atoms with van der Waals surface area (Å²) in [4.78, 5) is 1.36. The predicted octanol–water partition coefficient (Wildman–Crippen LogP) is 5.70. The highest BCUT2D eigenvalue weighted by atomic mass is 32.2. The number of hydrogen-bond donors (Lipinski definition) is 0. The molecule has 0 amide bonds. The van der Waals surface area contributed by atoms with Crippen LogP contribution in [0.3, 0.4) is 0 Å². The van der Waals surface area contributed by atoms with Gasteiger partial charge < -0.3 is 0 Å². The number of thioether (sulfide) groups is 1. The van der Waals surface area contributed by atoms with E-state index in [0.29, 0.717) is 0 Å². The second kappa shape index (κ2) is 9.35. The Labute approximate surface area is 111 Å². The van der Waals surface area contributed by atoms with Crippen molar-refractivity contribution < 1.29 is 0 Å². The molecule has 0 N–H and O–H groups in total. The van der Waals surface area contributed by atoms with Gasteiger partial charge in [0.1, 0.15) is 0 Å². The Kier molecular flexibility index (Phi) is 7.91. The van der Waals surface area contributed by atoms with Crippen LogP contribution >= 0.6 is 11.8 Å². The molecular weight excluding hydrogens is 224 g/mol. The average molecular weight is 248 g/mol. The normalized spacial score (nSPS) is 11.8. The highest BCUT2D eigenvalue weighted by Crippen LogP contribution is 2.18. The Morgan fingerprint density at radius 2 is 1.88 bits per heavy atom.